The molecule has 0 radical (unpaired) electrons. The zero-order chi connectivity index (χ0) is 25.8. The molecule has 36 heavy (non-hydrogen) atoms. The molecule has 1 fully saturated rings. The first kappa shape index (κ1) is 25.7. The van der Waals surface area contributed by atoms with E-state index in [0.29, 0.717) is 46.5 Å². The van der Waals surface area contributed by atoms with Crippen LogP contribution in [0, 0.1) is 0 Å². The van der Waals surface area contributed by atoms with Crippen LogP contribution in [0.15, 0.2) is 59.8 Å². The molecule has 0 unspecified atom stereocenters. The summed E-state index contributed by atoms with van der Waals surface area (Å²) in [4.78, 5) is 27.9. The van der Waals surface area contributed by atoms with Crippen LogP contribution < -0.4 is 20.1 Å². The fourth-order valence-electron chi connectivity index (χ4n) is 4.59. The number of thiocarbonyl (C=S) groups is 1. The van der Waals surface area contributed by atoms with E-state index in [1.807, 2.05) is 45.0 Å². The van der Waals surface area contributed by atoms with E-state index in [-0.39, 0.29) is 30.5 Å². The van der Waals surface area contributed by atoms with E-state index in [1.165, 1.54) is 7.11 Å². The van der Waals surface area contributed by atoms with Crippen molar-refractivity contribution < 1.29 is 23.8 Å². The molecule has 1 amide bonds. The lowest BCUT2D eigenvalue weighted by molar-refractivity contribution is -0.145. The van der Waals surface area contributed by atoms with Crippen LogP contribution in [-0.4, -0.2) is 60.7 Å². The number of morpholine rings is 1. The lowest BCUT2D eigenvalue weighted by Crippen LogP contribution is -2.49. The van der Waals surface area contributed by atoms with Crippen molar-refractivity contribution in [1.82, 2.24) is 15.5 Å². The molecule has 0 aliphatic carbocycles. The molecule has 190 valence electrons. The predicted octanol–water partition coefficient (Wildman–Crippen LogP) is 3.39. The zero-order valence-corrected chi connectivity index (χ0v) is 21.7. The van der Waals surface area contributed by atoms with E-state index >= 15 is 0 Å². The second kappa shape index (κ2) is 11.1. The average Bonchev–Trinajstić information content (AvgIpc) is 2.86. The fraction of sp³-hybridized carbons (Fsp3) is 0.370. The zero-order valence-electron chi connectivity index (χ0n) is 20.9. The number of hydrogen-bond donors (Lipinski definition) is 2. The summed E-state index contributed by atoms with van der Waals surface area (Å²) in [5.41, 5.74) is 2.63. The van der Waals surface area contributed by atoms with E-state index in [9.17, 15) is 9.59 Å². The van der Waals surface area contributed by atoms with Gasteiger partial charge in [-0.1, -0.05) is 36.4 Å². The minimum absolute atomic E-state index is 0.0145. The number of carbonyl (C=O) groups is 2. The number of benzene rings is 2. The molecule has 0 saturated carbocycles. The molecular formula is C27H31N3O5S. The van der Waals surface area contributed by atoms with Crippen molar-refractivity contribution in [2.24, 2.45) is 0 Å². The van der Waals surface area contributed by atoms with E-state index in [1.54, 1.807) is 29.2 Å². The standard InChI is InChI=1S/C27H31N3O5S/c1-16-13-30(14-17(2)35-16)23(31)15-34-21-11-10-20(12-22(21)33-4)25-24(18(3)28-27(36)29-25)26(32)19-8-6-5-7-9-19/h5-12,16-17,25H,13-15H2,1-4H3,(H2,28,29,36)/t16-,17-,25+/m1/s1. The van der Waals surface area contributed by atoms with Gasteiger partial charge in [-0.3, -0.25) is 9.59 Å². The first-order chi connectivity index (χ1) is 17.3. The number of amides is 1. The highest BCUT2D eigenvalue weighted by Crippen LogP contribution is 2.35. The van der Waals surface area contributed by atoms with Crippen molar-refractivity contribution in [3.8, 4) is 11.5 Å². The van der Waals surface area contributed by atoms with Crippen molar-refractivity contribution in [2.75, 3.05) is 26.8 Å². The Kier molecular flexibility index (Phi) is 7.91. The van der Waals surface area contributed by atoms with Gasteiger partial charge >= 0.3 is 0 Å². The van der Waals surface area contributed by atoms with Gasteiger partial charge in [0, 0.05) is 29.9 Å². The highest BCUT2D eigenvalue weighted by Gasteiger charge is 2.31. The van der Waals surface area contributed by atoms with Gasteiger partial charge in [-0.15, -0.1) is 0 Å². The largest absolute Gasteiger partial charge is 0.493 e. The third-order valence-electron chi connectivity index (χ3n) is 6.19. The van der Waals surface area contributed by atoms with Crippen LogP contribution in [0.3, 0.4) is 0 Å². The van der Waals surface area contributed by atoms with Gasteiger partial charge in [0.1, 0.15) is 0 Å². The lowest BCUT2D eigenvalue weighted by Gasteiger charge is -2.35. The van der Waals surface area contributed by atoms with E-state index < -0.39 is 6.04 Å². The maximum atomic E-state index is 13.4. The van der Waals surface area contributed by atoms with Crippen LogP contribution in [0.1, 0.15) is 42.7 Å². The first-order valence-electron chi connectivity index (χ1n) is 11.9. The molecule has 1 saturated heterocycles. The Morgan fingerprint density at radius 1 is 1.08 bits per heavy atom. The minimum atomic E-state index is -0.479. The van der Waals surface area contributed by atoms with Crippen LogP contribution in [-0.2, 0) is 9.53 Å². The summed E-state index contributed by atoms with van der Waals surface area (Å²) in [7, 11) is 1.54. The molecule has 2 heterocycles. The number of rotatable bonds is 7. The number of Topliss-reactive ketones (excluding diaryl/α,β-unsaturated/α-hetero) is 1. The number of nitrogens with one attached hydrogen (secondary N) is 2. The molecule has 0 bridgehead atoms. The van der Waals surface area contributed by atoms with Crippen molar-refractivity contribution in [2.45, 2.75) is 39.0 Å². The quantitative estimate of drug-likeness (QED) is 0.434. The van der Waals surface area contributed by atoms with Gasteiger partial charge in [0.05, 0.1) is 25.4 Å². The number of carbonyl (C=O) groups excluding carboxylic acids is 2. The van der Waals surface area contributed by atoms with Crippen LogP contribution in [0.5, 0.6) is 11.5 Å². The van der Waals surface area contributed by atoms with Crippen LogP contribution in [0.25, 0.3) is 0 Å². The molecule has 0 aromatic heterocycles. The predicted molar refractivity (Wildman–Crippen MR) is 140 cm³/mol. The summed E-state index contributed by atoms with van der Waals surface area (Å²) >= 11 is 5.38. The van der Waals surface area contributed by atoms with Crippen LogP contribution >= 0.6 is 12.2 Å². The SMILES string of the molecule is COc1cc([C@@H]2NC(=S)NC(C)=C2C(=O)c2ccccc2)ccc1OCC(=O)N1C[C@@H](C)O[C@H](C)C1. The molecule has 2 aromatic rings. The number of ketones is 1. The molecule has 2 aliphatic rings. The smallest absolute Gasteiger partial charge is 0.260 e. The number of hydrogen-bond acceptors (Lipinski definition) is 6. The van der Waals surface area contributed by atoms with Crippen LogP contribution in [0.2, 0.25) is 0 Å². The maximum Gasteiger partial charge on any atom is 0.260 e. The third kappa shape index (κ3) is 5.68. The third-order valence-corrected chi connectivity index (χ3v) is 6.41. The minimum Gasteiger partial charge on any atom is -0.493 e. The number of nitrogens with zero attached hydrogens (tertiary/aromatic N) is 1. The van der Waals surface area contributed by atoms with Crippen molar-refractivity contribution >= 4 is 29.0 Å². The monoisotopic (exact) mass is 509 g/mol. The molecule has 8 nitrogen and oxygen atoms in total. The van der Waals surface area contributed by atoms with Gasteiger partial charge in [0.15, 0.2) is 29.0 Å². The van der Waals surface area contributed by atoms with Gasteiger partial charge in [0.2, 0.25) is 0 Å². The second-order valence-electron chi connectivity index (χ2n) is 9.02. The van der Waals surface area contributed by atoms with Crippen molar-refractivity contribution in [3.63, 3.8) is 0 Å². The summed E-state index contributed by atoms with van der Waals surface area (Å²) < 4.78 is 17.1. The second-order valence-corrected chi connectivity index (χ2v) is 9.43. The summed E-state index contributed by atoms with van der Waals surface area (Å²) in [6, 6.07) is 14.0. The highest BCUT2D eigenvalue weighted by atomic mass is 32.1. The highest BCUT2D eigenvalue weighted by molar-refractivity contribution is 7.80. The molecule has 3 atom stereocenters. The molecule has 2 N–H and O–H groups in total. The van der Waals surface area contributed by atoms with Gasteiger partial charge in [-0.2, -0.15) is 0 Å². The van der Waals surface area contributed by atoms with E-state index in [4.69, 9.17) is 26.4 Å². The Morgan fingerprint density at radius 3 is 2.44 bits per heavy atom. The molecule has 2 aromatic carbocycles. The Hall–Kier alpha value is -3.43. The molecule has 4 rings (SSSR count). The topological polar surface area (TPSA) is 89.1 Å². The molecular weight excluding hydrogens is 478 g/mol. The van der Waals surface area contributed by atoms with Gasteiger partial charge in [-0.05, 0) is 50.7 Å². The molecule has 9 heteroatoms. The molecule has 0 spiro atoms. The Bertz CT molecular complexity index is 1170. The number of ether oxygens (including phenoxy) is 3. The van der Waals surface area contributed by atoms with Crippen molar-refractivity contribution in [3.05, 3.63) is 70.9 Å². The van der Waals surface area contributed by atoms with Crippen molar-refractivity contribution in [1.29, 1.82) is 0 Å². The summed E-state index contributed by atoms with van der Waals surface area (Å²) in [5, 5.41) is 6.70. The molecule has 2 aliphatic heterocycles. The Balaban J connectivity index is 1.55. The number of methoxy groups -OCH3 is 1. The van der Waals surface area contributed by atoms with Gasteiger partial charge < -0.3 is 29.7 Å². The first-order valence-corrected chi connectivity index (χ1v) is 12.3. The summed E-state index contributed by atoms with van der Waals surface area (Å²) in [6.45, 7) is 6.70. The van der Waals surface area contributed by atoms with Gasteiger partial charge in [0.25, 0.3) is 5.91 Å². The lowest BCUT2D eigenvalue weighted by atomic mass is 9.89. The summed E-state index contributed by atoms with van der Waals surface area (Å²) in [5.74, 6) is 0.693. The van der Waals surface area contributed by atoms with E-state index in [2.05, 4.69) is 10.6 Å². The normalized spacial score (nSPS) is 21.9. The Labute approximate surface area is 216 Å². The summed E-state index contributed by atoms with van der Waals surface area (Å²) in [6.07, 6.45) is -0.0289. The van der Waals surface area contributed by atoms with Gasteiger partial charge in [-0.25, -0.2) is 0 Å². The Morgan fingerprint density at radius 2 is 1.78 bits per heavy atom. The maximum absolute atomic E-state index is 13.4. The number of allylic oxidation sites excluding steroid dienone is 1. The van der Waals surface area contributed by atoms with E-state index in [0.717, 1.165) is 5.56 Å². The van der Waals surface area contributed by atoms with Crippen LogP contribution in [0.4, 0.5) is 0 Å². The fourth-order valence-corrected chi connectivity index (χ4v) is 4.86. The average molecular weight is 510 g/mol.